The molecule has 0 saturated carbocycles. The van der Waals surface area contributed by atoms with Gasteiger partial charge in [0, 0.05) is 29.3 Å². The van der Waals surface area contributed by atoms with Gasteiger partial charge in [0.1, 0.15) is 17.0 Å². The van der Waals surface area contributed by atoms with Gasteiger partial charge in [0.25, 0.3) is 0 Å². The highest BCUT2D eigenvalue weighted by Crippen LogP contribution is 2.49. The van der Waals surface area contributed by atoms with E-state index in [2.05, 4.69) is 26.4 Å². The molecule has 2 amide bonds. The minimum absolute atomic E-state index is 0.197. The molecule has 0 bridgehead atoms. The molecule has 2 heterocycles. The van der Waals surface area contributed by atoms with E-state index in [0.717, 1.165) is 10.0 Å². The summed E-state index contributed by atoms with van der Waals surface area (Å²) < 4.78 is 0.815. The number of fused-ring (bicyclic) bond motifs is 2. The van der Waals surface area contributed by atoms with E-state index in [1.165, 1.54) is 4.90 Å². The molecule has 6 nitrogen and oxygen atoms in total. The van der Waals surface area contributed by atoms with Crippen LogP contribution in [0.2, 0.25) is 0 Å². The summed E-state index contributed by atoms with van der Waals surface area (Å²) in [7, 11) is 1.66. The Bertz CT molecular complexity index is 944. The van der Waals surface area contributed by atoms with Crippen molar-refractivity contribution in [1.82, 2.24) is 4.90 Å². The maximum absolute atomic E-state index is 13.1. The molecule has 132 valence electrons. The van der Waals surface area contributed by atoms with Crippen LogP contribution in [0.1, 0.15) is 11.1 Å². The number of benzene rings is 2. The molecule has 26 heavy (non-hydrogen) atoms. The summed E-state index contributed by atoms with van der Waals surface area (Å²) in [5, 5.41) is 16.1. The summed E-state index contributed by atoms with van der Waals surface area (Å²) >= 11 is 3.45. The second-order valence-electron chi connectivity index (χ2n) is 6.59. The monoisotopic (exact) mass is 413 g/mol. The van der Waals surface area contributed by atoms with Crippen molar-refractivity contribution in [2.75, 3.05) is 18.9 Å². The number of hydrogen-bond acceptors (Lipinski definition) is 4. The zero-order valence-electron chi connectivity index (χ0n) is 13.9. The van der Waals surface area contributed by atoms with Gasteiger partial charge in [-0.2, -0.15) is 0 Å². The maximum atomic E-state index is 13.1. The van der Waals surface area contributed by atoms with Crippen molar-refractivity contribution in [3.05, 3.63) is 64.1 Å². The summed E-state index contributed by atoms with van der Waals surface area (Å²) in [5.74, 6) is -1.41. The number of carbonyl (C=O) groups excluding carboxylic acids is 2. The van der Waals surface area contributed by atoms with E-state index < -0.39 is 11.3 Å². The van der Waals surface area contributed by atoms with Gasteiger partial charge in [-0.05, 0) is 23.8 Å². The highest BCUT2D eigenvalue weighted by atomic mass is 79.9. The molecule has 0 aliphatic carbocycles. The SMILES string of the molecule is CN1C[C@@]2(C(=O)Nc3ccc(Br)cc32)[C@H](/C(=N/O)c2ccccc2)C1=O. The minimum Gasteiger partial charge on any atom is -0.411 e. The molecule has 0 radical (unpaired) electrons. The molecule has 2 aliphatic rings. The summed E-state index contributed by atoms with van der Waals surface area (Å²) in [5.41, 5.74) is 1.08. The van der Waals surface area contributed by atoms with E-state index in [1.807, 2.05) is 24.3 Å². The van der Waals surface area contributed by atoms with Crippen molar-refractivity contribution in [3.8, 4) is 0 Å². The van der Waals surface area contributed by atoms with Crippen LogP contribution in [0.5, 0.6) is 0 Å². The molecule has 0 aromatic heterocycles. The lowest BCUT2D eigenvalue weighted by atomic mass is 9.70. The first-order valence-corrected chi connectivity index (χ1v) is 8.92. The molecule has 4 rings (SSSR count). The first kappa shape index (κ1) is 16.8. The Morgan fingerprint density at radius 3 is 2.69 bits per heavy atom. The molecule has 2 N–H and O–H groups in total. The second kappa shape index (κ2) is 5.95. The van der Waals surface area contributed by atoms with Crippen LogP contribution in [0, 0.1) is 5.92 Å². The fourth-order valence-corrected chi connectivity index (χ4v) is 4.37. The molecule has 2 atom stereocenters. The van der Waals surface area contributed by atoms with E-state index in [4.69, 9.17) is 0 Å². The molecule has 7 heteroatoms. The van der Waals surface area contributed by atoms with Crippen LogP contribution in [-0.4, -0.2) is 41.2 Å². The Morgan fingerprint density at radius 2 is 2.00 bits per heavy atom. The van der Waals surface area contributed by atoms with E-state index in [9.17, 15) is 14.8 Å². The highest BCUT2D eigenvalue weighted by molar-refractivity contribution is 9.10. The standard InChI is InChI=1S/C19H16BrN3O3/c1-23-10-19(13-9-12(20)7-8-14(13)21-18(19)25)15(17(23)24)16(22-26)11-5-3-2-4-6-11/h2-9,15,26H,10H2,1H3,(H,21,25)/b22-16+/t15-,19+/m1/s1. The Balaban J connectivity index is 1.95. The molecule has 1 saturated heterocycles. The second-order valence-corrected chi connectivity index (χ2v) is 7.51. The zero-order valence-corrected chi connectivity index (χ0v) is 15.5. The van der Waals surface area contributed by atoms with Gasteiger partial charge in [0.05, 0.1) is 0 Å². The number of hydrogen-bond donors (Lipinski definition) is 2. The lowest BCUT2D eigenvalue weighted by Gasteiger charge is -2.27. The Morgan fingerprint density at radius 1 is 1.27 bits per heavy atom. The van der Waals surface area contributed by atoms with Gasteiger partial charge in [0.2, 0.25) is 11.8 Å². The number of halogens is 1. The molecule has 2 aromatic rings. The molecule has 0 unspecified atom stereocenters. The smallest absolute Gasteiger partial charge is 0.238 e. The topological polar surface area (TPSA) is 82.0 Å². The fraction of sp³-hybridized carbons (Fsp3) is 0.211. The van der Waals surface area contributed by atoms with Crippen molar-refractivity contribution in [2.45, 2.75) is 5.41 Å². The number of likely N-dealkylation sites (N-methyl/N-ethyl adjacent to an activating group) is 1. The number of nitrogens with one attached hydrogen (secondary N) is 1. The third-order valence-electron chi connectivity index (χ3n) is 5.17. The van der Waals surface area contributed by atoms with E-state index >= 15 is 0 Å². The molecule has 2 aromatic carbocycles. The average molecular weight is 414 g/mol. The number of rotatable bonds is 2. The Hall–Kier alpha value is -2.67. The van der Waals surface area contributed by atoms with Crippen molar-refractivity contribution in [3.63, 3.8) is 0 Å². The van der Waals surface area contributed by atoms with Crippen LogP contribution in [0.3, 0.4) is 0 Å². The lowest BCUT2D eigenvalue weighted by molar-refractivity contribution is -0.129. The number of likely N-dealkylation sites (tertiary alicyclic amines) is 1. The first-order valence-electron chi connectivity index (χ1n) is 8.13. The average Bonchev–Trinajstić information content (AvgIpc) is 3.06. The van der Waals surface area contributed by atoms with Crippen LogP contribution in [0.15, 0.2) is 58.2 Å². The fourth-order valence-electron chi connectivity index (χ4n) is 4.01. The van der Waals surface area contributed by atoms with Gasteiger partial charge in [-0.25, -0.2) is 0 Å². The Labute approximate surface area is 158 Å². The van der Waals surface area contributed by atoms with Crippen LogP contribution >= 0.6 is 15.9 Å². The van der Waals surface area contributed by atoms with E-state index in [1.54, 1.807) is 31.3 Å². The van der Waals surface area contributed by atoms with Crippen LogP contribution in [0.25, 0.3) is 0 Å². The Kier molecular flexibility index (Phi) is 3.84. The molecule has 2 aliphatic heterocycles. The summed E-state index contributed by atoms with van der Waals surface area (Å²) in [4.78, 5) is 27.6. The molecule has 1 fully saturated rings. The van der Waals surface area contributed by atoms with Gasteiger partial charge >= 0.3 is 0 Å². The maximum Gasteiger partial charge on any atom is 0.238 e. The van der Waals surface area contributed by atoms with Crippen molar-refractivity contribution in [1.29, 1.82) is 0 Å². The third kappa shape index (κ3) is 2.20. The molecular formula is C19H16BrN3O3. The summed E-state index contributed by atoms with van der Waals surface area (Å²) in [6, 6.07) is 14.5. The van der Waals surface area contributed by atoms with Crippen molar-refractivity contribution >= 4 is 39.1 Å². The van der Waals surface area contributed by atoms with Crippen LogP contribution in [-0.2, 0) is 15.0 Å². The summed E-state index contributed by atoms with van der Waals surface area (Å²) in [6.45, 7) is 0.220. The van der Waals surface area contributed by atoms with Gasteiger partial charge in [-0.3, -0.25) is 9.59 Å². The normalized spacial score (nSPS) is 24.9. The van der Waals surface area contributed by atoms with Crippen molar-refractivity contribution in [2.24, 2.45) is 11.1 Å². The number of carbonyl (C=O) groups is 2. The van der Waals surface area contributed by atoms with Gasteiger partial charge in [0.15, 0.2) is 0 Å². The largest absolute Gasteiger partial charge is 0.411 e. The van der Waals surface area contributed by atoms with Gasteiger partial charge in [-0.1, -0.05) is 51.4 Å². The summed E-state index contributed by atoms with van der Waals surface area (Å²) in [6.07, 6.45) is 0. The van der Waals surface area contributed by atoms with Gasteiger partial charge < -0.3 is 15.4 Å². The lowest BCUT2D eigenvalue weighted by Crippen LogP contribution is -2.46. The number of amides is 2. The third-order valence-corrected chi connectivity index (χ3v) is 5.66. The minimum atomic E-state index is -1.14. The van der Waals surface area contributed by atoms with E-state index in [-0.39, 0.29) is 24.1 Å². The first-order chi connectivity index (χ1) is 12.5. The predicted octanol–water partition coefficient (Wildman–Crippen LogP) is 2.61. The molecule has 1 spiro atoms. The zero-order chi connectivity index (χ0) is 18.5. The van der Waals surface area contributed by atoms with Gasteiger partial charge in [-0.15, -0.1) is 0 Å². The number of oxime groups is 1. The molecular weight excluding hydrogens is 398 g/mol. The predicted molar refractivity (Wildman–Crippen MR) is 100 cm³/mol. The number of nitrogens with zero attached hydrogens (tertiary/aromatic N) is 2. The number of anilines is 1. The highest BCUT2D eigenvalue weighted by Gasteiger charge is 2.62. The van der Waals surface area contributed by atoms with Crippen LogP contribution < -0.4 is 5.32 Å². The quantitative estimate of drug-likeness (QED) is 0.450. The van der Waals surface area contributed by atoms with E-state index in [0.29, 0.717) is 11.3 Å². The van der Waals surface area contributed by atoms with Crippen molar-refractivity contribution < 1.29 is 14.8 Å². The van der Waals surface area contributed by atoms with Crippen LogP contribution in [0.4, 0.5) is 5.69 Å².